The largest absolute Gasteiger partial charge is 0.472 e. The van der Waals surface area contributed by atoms with Gasteiger partial charge in [-0.3, -0.25) is 18.6 Å². The Labute approximate surface area is 413 Å². The molecule has 3 N–H and O–H groups in total. The third kappa shape index (κ3) is 54.8. The van der Waals surface area contributed by atoms with Crippen LogP contribution in [0, 0.1) is 0 Å². The highest BCUT2D eigenvalue weighted by Crippen LogP contribution is 2.42. The van der Waals surface area contributed by atoms with Crippen molar-refractivity contribution in [2.45, 2.75) is 277 Å². The van der Waals surface area contributed by atoms with E-state index in [9.17, 15) is 24.2 Å². The number of aliphatic hydroxyl groups excluding tert-OH is 1. The Morgan fingerprint density at radius 1 is 0.463 bits per heavy atom. The summed E-state index contributed by atoms with van der Waals surface area (Å²) in [4.78, 5) is 34.2. The van der Waals surface area contributed by atoms with Crippen molar-refractivity contribution in [3.63, 3.8) is 0 Å². The molecule has 67 heavy (non-hydrogen) atoms. The van der Waals surface area contributed by atoms with E-state index in [0.29, 0.717) is 6.42 Å². The summed E-state index contributed by atoms with van der Waals surface area (Å²) in [6.45, 7) is 3.56. The lowest BCUT2D eigenvalue weighted by Gasteiger charge is -2.15. The number of aliphatic hydroxyl groups is 1. The van der Waals surface area contributed by atoms with Crippen LogP contribution in [0.3, 0.4) is 0 Å². The van der Waals surface area contributed by atoms with Gasteiger partial charge in [-0.1, -0.05) is 249 Å². The van der Waals surface area contributed by atoms with Gasteiger partial charge in [0.25, 0.3) is 0 Å². The molecular formula is C57H106NO8P. The Morgan fingerprint density at radius 2 is 0.806 bits per heavy atom. The summed E-state index contributed by atoms with van der Waals surface area (Å²) >= 11 is 0. The van der Waals surface area contributed by atoms with E-state index in [-0.39, 0.29) is 32.1 Å². The number of hydrogen-bond acceptors (Lipinski definition) is 7. The van der Waals surface area contributed by atoms with Gasteiger partial charge >= 0.3 is 13.8 Å². The van der Waals surface area contributed by atoms with E-state index in [1.165, 1.54) is 173 Å². The average Bonchev–Trinajstić information content (AvgIpc) is 3.32. The van der Waals surface area contributed by atoms with Gasteiger partial charge in [0.2, 0.25) is 5.91 Å². The molecule has 0 aromatic rings. The Kier molecular flexibility index (Phi) is 51.7. The summed E-state index contributed by atoms with van der Waals surface area (Å²) in [7, 11) is -4.43. The van der Waals surface area contributed by atoms with Crippen LogP contribution in [0.2, 0.25) is 0 Å². The van der Waals surface area contributed by atoms with Crippen LogP contribution in [-0.2, 0) is 27.9 Å². The Bertz CT molecular complexity index is 1240. The second-order valence-electron chi connectivity index (χ2n) is 18.9. The first kappa shape index (κ1) is 65.0. The molecule has 0 aliphatic carbocycles. The molecule has 0 spiro atoms. The van der Waals surface area contributed by atoms with Crippen LogP contribution < -0.4 is 5.32 Å². The van der Waals surface area contributed by atoms with E-state index in [0.717, 1.165) is 70.6 Å². The van der Waals surface area contributed by atoms with Crippen molar-refractivity contribution in [3.8, 4) is 0 Å². The van der Waals surface area contributed by atoms with E-state index in [1.807, 2.05) is 0 Å². The third-order valence-corrected chi connectivity index (χ3v) is 13.2. The fourth-order valence-electron chi connectivity index (χ4n) is 8.01. The molecule has 0 aliphatic rings. The predicted octanol–water partition coefficient (Wildman–Crippen LogP) is 17.0. The zero-order valence-electron chi connectivity index (χ0n) is 43.6. The molecule has 0 aliphatic heterocycles. The number of phosphoric acid groups is 1. The number of unbranched alkanes of at least 4 members (excludes halogenated alkanes) is 32. The molecule has 1 amide bonds. The van der Waals surface area contributed by atoms with Crippen LogP contribution in [0.5, 0.6) is 0 Å². The maximum absolute atomic E-state index is 12.2. The summed E-state index contributed by atoms with van der Waals surface area (Å²) in [6, 6.07) is 0. The zero-order valence-corrected chi connectivity index (χ0v) is 44.5. The normalized spacial score (nSPS) is 13.4. The summed E-state index contributed by atoms with van der Waals surface area (Å²) in [5, 5.41) is 12.8. The maximum Gasteiger partial charge on any atom is 0.472 e. The van der Waals surface area contributed by atoms with Crippen LogP contribution in [0.1, 0.15) is 271 Å². The van der Waals surface area contributed by atoms with Crippen molar-refractivity contribution < 1.29 is 37.9 Å². The Balaban J connectivity index is 3.54. The van der Waals surface area contributed by atoms with E-state index < -0.39 is 26.5 Å². The molecule has 0 heterocycles. The zero-order chi connectivity index (χ0) is 48.8. The van der Waals surface area contributed by atoms with Crippen LogP contribution in [0.25, 0.3) is 0 Å². The SMILES string of the molecule is CCCCC/C=C\C/C=C\C/C=C\C/C=C\CCCCCCCCCC(=O)OCC(O)COP(=O)(O)OCCNC(=O)CCCCCCCCCCCCCCCCCCCCCCCCC. The first-order valence-corrected chi connectivity index (χ1v) is 29.6. The highest BCUT2D eigenvalue weighted by Gasteiger charge is 2.23. The van der Waals surface area contributed by atoms with Gasteiger partial charge in [0.15, 0.2) is 0 Å². The first-order chi connectivity index (χ1) is 32.8. The molecule has 2 atom stereocenters. The van der Waals surface area contributed by atoms with Crippen molar-refractivity contribution in [2.24, 2.45) is 0 Å². The number of hydrogen-bond donors (Lipinski definition) is 3. The van der Waals surface area contributed by atoms with E-state index >= 15 is 0 Å². The van der Waals surface area contributed by atoms with Gasteiger partial charge in [-0.05, 0) is 57.8 Å². The van der Waals surface area contributed by atoms with Crippen molar-refractivity contribution in [1.29, 1.82) is 0 Å². The van der Waals surface area contributed by atoms with Crippen molar-refractivity contribution in [2.75, 3.05) is 26.4 Å². The van der Waals surface area contributed by atoms with E-state index in [2.05, 4.69) is 67.8 Å². The van der Waals surface area contributed by atoms with Crippen LogP contribution in [0.4, 0.5) is 0 Å². The number of ether oxygens (including phenoxy) is 1. The summed E-state index contributed by atoms with van der Waals surface area (Å²) < 4.78 is 27.0. The molecule has 0 radical (unpaired) electrons. The number of esters is 1. The fourth-order valence-corrected chi connectivity index (χ4v) is 8.77. The Hall–Kier alpha value is -2.03. The molecule has 0 rings (SSSR count). The van der Waals surface area contributed by atoms with Gasteiger partial charge in [-0.15, -0.1) is 0 Å². The topological polar surface area (TPSA) is 131 Å². The molecule has 0 aromatic carbocycles. The summed E-state index contributed by atoms with van der Waals surface area (Å²) in [6.07, 6.45) is 64.9. The van der Waals surface area contributed by atoms with Crippen LogP contribution >= 0.6 is 7.82 Å². The van der Waals surface area contributed by atoms with Crippen molar-refractivity contribution >= 4 is 19.7 Å². The summed E-state index contributed by atoms with van der Waals surface area (Å²) in [5.74, 6) is -0.518. The quantitative estimate of drug-likeness (QED) is 0.0238. The predicted molar refractivity (Wildman–Crippen MR) is 284 cm³/mol. The monoisotopic (exact) mass is 964 g/mol. The number of allylic oxidation sites excluding steroid dienone is 8. The smallest absolute Gasteiger partial charge is 0.463 e. The highest BCUT2D eigenvalue weighted by molar-refractivity contribution is 7.47. The minimum absolute atomic E-state index is 0.0824. The minimum Gasteiger partial charge on any atom is -0.463 e. The molecule has 0 saturated carbocycles. The lowest BCUT2D eigenvalue weighted by atomic mass is 10.0. The second-order valence-corrected chi connectivity index (χ2v) is 20.4. The molecule has 0 saturated heterocycles. The summed E-state index contributed by atoms with van der Waals surface area (Å²) in [5.41, 5.74) is 0. The van der Waals surface area contributed by atoms with Gasteiger partial charge in [-0.2, -0.15) is 0 Å². The van der Waals surface area contributed by atoms with Gasteiger partial charge < -0.3 is 20.1 Å². The van der Waals surface area contributed by atoms with Gasteiger partial charge in [-0.25, -0.2) is 4.57 Å². The van der Waals surface area contributed by atoms with Gasteiger partial charge in [0.1, 0.15) is 12.7 Å². The maximum atomic E-state index is 12.2. The second kappa shape index (κ2) is 53.3. The lowest BCUT2D eigenvalue weighted by molar-refractivity contribution is -0.147. The number of carbonyl (C=O) groups is 2. The molecule has 0 fully saturated rings. The highest BCUT2D eigenvalue weighted by atomic mass is 31.2. The minimum atomic E-state index is -4.43. The van der Waals surface area contributed by atoms with Crippen molar-refractivity contribution in [3.05, 3.63) is 48.6 Å². The molecule has 392 valence electrons. The van der Waals surface area contributed by atoms with E-state index in [1.54, 1.807) is 0 Å². The molecule has 9 nitrogen and oxygen atoms in total. The Morgan fingerprint density at radius 3 is 1.24 bits per heavy atom. The molecule has 0 bridgehead atoms. The van der Waals surface area contributed by atoms with Gasteiger partial charge in [0.05, 0.1) is 13.2 Å². The van der Waals surface area contributed by atoms with Crippen LogP contribution in [0.15, 0.2) is 48.6 Å². The molecule has 0 aromatic heterocycles. The number of amides is 1. The molecule has 2 unspecified atom stereocenters. The standard InChI is InChI=1S/C57H106NO8P/c1-3-5-7-9-11-13-15-17-19-21-23-25-27-29-31-33-35-37-39-41-43-45-47-49-56(60)58-51-52-65-67(62,63)66-54-55(59)53-64-57(61)50-48-46-44-42-40-38-36-34-32-30-28-26-24-22-20-18-16-14-12-10-8-6-4-2/h12,14,18,20,24,26,30,32,55,59H,3-11,13,15-17,19,21-23,25,27-29,31,33-54H2,1-2H3,(H,58,60)(H,62,63)/b14-12-,20-18-,26-24-,32-30-. The van der Waals surface area contributed by atoms with Crippen molar-refractivity contribution in [1.82, 2.24) is 5.32 Å². The number of nitrogens with one attached hydrogen (secondary N) is 1. The lowest BCUT2D eigenvalue weighted by Crippen LogP contribution is -2.27. The molecular weight excluding hydrogens is 858 g/mol. The van der Waals surface area contributed by atoms with Crippen LogP contribution in [-0.4, -0.2) is 54.3 Å². The molecule has 10 heteroatoms. The fraction of sp³-hybridized carbons (Fsp3) is 0.825. The van der Waals surface area contributed by atoms with E-state index in [4.69, 9.17) is 13.8 Å². The average molecular weight is 964 g/mol. The number of carbonyl (C=O) groups excluding carboxylic acids is 2. The first-order valence-electron chi connectivity index (χ1n) is 28.1. The number of rotatable bonds is 53. The third-order valence-electron chi connectivity index (χ3n) is 12.3. The number of phosphoric ester groups is 1. The van der Waals surface area contributed by atoms with Gasteiger partial charge in [0, 0.05) is 19.4 Å².